The van der Waals surface area contributed by atoms with Gasteiger partial charge in [-0.3, -0.25) is 18.9 Å². The van der Waals surface area contributed by atoms with Crippen molar-refractivity contribution in [2.45, 2.75) is 31.1 Å². The molecule has 160 valence electrons. The monoisotopic (exact) mass is 458 g/mol. The molecule has 2 rings (SSSR count). The van der Waals surface area contributed by atoms with E-state index in [9.17, 15) is 23.9 Å². The van der Waals surface area contributed by atoms with Gasteiger partial charge in [-0.15, -0.1) is 0 Å². The van der Waals surface area contributed by atoms with Crippen LogP contribution < -0.4 is 11.2 Å². The minimum absolute atomic E-state index is 0.119. The summed E-state index contributed by atoms with van der Waals surface area (Å²) in [5, 5.41) is 0. The van der Waals surface area contributed by atoms with E-state index in [1.165, 1.54) is 31.0 Å². The first-order chi connectivity index (χ1) is 13.0. The van der Waals surface area contributed by atoms with Crippen molar-refractivity contribution in [3.05, 3.63) is 33.1 Å². The van der Waals surface area contributed by atoms with Gasteiger partial charge in [-0.2, -0.15) is 0 Å². The molecule has 3 unspecified atom stereocenters. The molecule has 11 nitrogen and oxygen atoms in total. The summed E-state index contributed by atoms with van der Waals surface area (Å²) in [6.45, 7) is -3.60. The molecule has 0 aliphatic heterocycles. The third-order valence-electron chi connectivity index (χ3n) is 4.75. The Hall–Kier alpha value is -0.680. The Labute approximate surface area is 166 Å². The molecule has 0 spiro atoms. The number of hydrogen-bond donors (Lipinski definition) is 3. The van der Waals surface area contributed by atoms with E-state index in [1.54, 1.807) is 0 Å². The molecule has 0 bridgehead atoms. The zero-order valence-corrected chi connectivity index (χ0v) is 18.2. The maximum atomic E-state index is 12.3. The Bertz CT molecular complexity index is 888. The van der Waals surface area contributed by atoms with Crippen LogP contribution >= 0.6 is 14.3 Å². The maximum absolute atomic E-state index is 12.3. The summed E-state index contributed by atoms with van der Waals surface area (Å²) in [6, 6.07) is 0.538. The van der Waals surface area contributed by atoms with E-state index < -0.39 is 43.8 Å². The second-order valence-corrected chi connectivity index (χ2v) is 11.3. The van der Waals surface area contributed by atoms with E-state index in [1.807, 2.05) is 0 Å². The Morgan fingerprint density at radius 1 is 1.25 bits per heavy atom. The Balaban J connectivity index is 2.39. The lowest BCUT2D eigenvalue weighted by Gasteiger charge is -2.29. The highest BCUT2D eigenvalue weighted by Crippen LogP contribution is 2.52. The molecule has 1 fully saturated rings. The number of methoxy groups -OCH3 is 1. The van der Waals surface area contributed by atoms with Gasteiger partial charge in [-0.25, -0.2) is 4.79 Å². The molecule has 3 N–H and O–H groups in total. The predicted molar refractivity (Wildman–Crippen MR) is 104 cm³/mol. The largest absolute Gasteiger partial charge is 0.378 e. The van der Waals surface area contributed by atoms with Gasteiger partial charge in [-0.1, -0.05) is 0 Å². The van der Waals surface area contributed by atoms with Gasteiger partial charge in [-0.05, 0) is 30.6 Å². The molecular weight excluding hydrogens is 434 g/mol. The summed E-state index contributed by atoms with van der Waals surface area (Å²) in [4.78, 5) is 45.6. The SMILES string of the molecule is CO[C@@H]1[C@@H](CCP(=O)(O)OC)CC(n2ccc(=O)[nH]c2=O)[C@@H]1OP(O)(=S)OC. The van der Waals surface area contributed by atoms with Gasteiger partial charge in [0.25, 0.3) is 5.56 Å². The molecule has 28 heavy (non-hydrogen) atoms. The molecule has 0 aromatic carbocycles. The highest BCUT2D eigenvalue weighted by molar-refractivity contribution is 8.07. The van der Waals surface area contributed by atoms with Crippen LogP contribution in [0.3, 0.4) is 0 Å². The van der Waals surface area contributed by atoms with Crippen LogP contribution in [0, 0.1) is 5.92 Å². The van der Waals surface area contributed by atoms with Crippen molar-refractivity contribution < 1.29 is 32.7 Å². The summed E-state index contributed by atoms with van der Waals surface area (Å²) in [5.74, 6) is -0.304. The summed E-state index contributed by atoms with van der Waals surface area (Å²) in [6.07, 6.45) is 0.233. The van der Waals surface area contributed by atoms with Crippen LogP contribution in [0.5, 0.6) is 0 Å². The first-order valence-electron chi connectivity index (χ1n) is 8.32. The molecule has 1 aliphatic rings. The third-order valence-corrected chi connectivity index (χ3v) is 7.82. The molecule has 6 atom stereocenters. The van der Waals surface area contributed by atoms with E-state index >= 15 is 0 Å². The topological polar surface area (TPSA) is 149 Å². The predicted octanol–water partition coefficient (Wildman–Crippen LogP) is 0.583. The lowest BCUT2D eigenvalue weighted by molar-refractivity contribution is -0.0184. The fraction of sp³-hybridized carbons (Fsp3) is 0.714. The molecule has 1 aliphatic carbocycles. The highest BCUT2D eigenvalue weighted by Gasteiger charge is 2.48. The standard InChI is InChI=1S/C14H24N2O9P2S/c1-22-12-9(5-7-26(19,20)23-2)8-10(13(12)25-27(21,28)24-3)16-6-4-11(17)15-14(16)18/h4,6,9-10,12-13H,5,7-8H2,1-3H3,(H,19,20)(H,21,28)(H,15,17,18)/t9-,10?,12+,13-,27?/m0/s1. The molecular formula is C14H24N2O9P2S. The van der Waals surface area contributed by atoms with Crippen LogP contribution in [0.25, 0.3) is 0 Å². The zero-order valence-electron chi connectivity index (χ0n) is 15.6. The number of aromatic amines is 1. The number of hydrogen-bond acceptors (Lipinski definition) is 8. The normalized spacial score (nSPS) is 29.3. The highest BCUT2D eigenvalue weighted by atomic mass is 32.5. The summed E-state index contributed by atoms with van der Waals surface area (Å²) >= 11 is 4.94. The number of rotatable bonds is 9. The van der Waals surface area contributed by atoms with Gasteiger partial charge in [0.1, 0.15) is 6.10 Å². The zero-order chi connectivity index (χ0) is 21.1. The fourth-order valence-electron chi connectivity index (χ4n) is 3.38. The molecule has 0 saturated heterocycles. The molecule has 14 heteroatoms. The van der Waals surface area contributed by atoms with E-state index in [-0.39, 0.29) is 18.5 Å². The number of nitrogens with zero attached hydrogens (tertiary/aromatic N) is 1. The van der Waals surface area contributed by atoms with Crippen molar-refractivity contribution in [1.82, 2.24) is 9.55 Å². The number of aromatic nitrogens is 2. The van der Waals surface area contributed by atoms with Crippen molar-refractivity contribution in [3.63, 3.8) is 0 Å². The van der Waals surface area contributed by atoms with E-state index in [4.69, 9.17) is 25.6 Å². The molecule has 1 aromatic heterocycles. The van der Waals surface area contributed by atoms with Gasteiger partial charge in [0.15, 0.2) is 0 Å². The molecule has 1 heterocycles. The second kappa shape index (κ2) is 9.42. The lowest BCUT2D eigenvalue weighted by Crippen LogP contribution is -2.38. The molecule has 0 radical (unpaired) electrons. The summed E-state index contributed by atoms with van der Waals surface area (Å²) in [5.41, 5.74) is -1.21. The van der Waals surface area contributed by atoms with Crippen LogP contribution in [0.1, 0.15) is 18.9 Å². The minimum atomic E-state index is -3.74. The smallest absolute Gasteiger partial charge is 0.328 e. The molecule has 0 amide bonds. The van der Waals surface area contributed by atoms with E-state index in [0.717, 1.165) is 7.11 Å². The number of ether oxygens (including phenoxy) is 1. The van der Waals surface area contributed by atoms with Gasteiger partial charge < -0.3 is 28.1 Å². The fourth-order valence-corrected chi connectivity index (χ4v) is 5.17. The Morgan fingerprint density at radius 2 is 1.93 bits per heavy atom. The van der Waals surface area contributed by atoms with Gasteiger partial charge in [0, 0.05) is 33.6 Å². The van der Waals surface area contributed by atoms with Gasteiger partial charge in [0.2, 0.25) is 0 Å². The second-order valence-electron chi connectivity index (χ2n) is 6.33. The van der Waals surface area contributed by atoms with Gasteiger partial charge in [0.05, 0.1) is 18.3 Å². The summed E-state index contributed by atoms with van der Waals surface area (Å²) in [7, 11) is 0.0441. The van der Waals surface area contributed by atoms with Crippen LogP contribution in [0.4, 0.5) is 0 Å². The summed E-state index contributed by atoms with van der Waals surface area (Å²) < 4.78 is 33.7. The quantitative estimate of drug-likeness (QED) is 0.449. The van der Waals surface area contributed by atoms with E-state index in [2.05, 4.69) is 9.51 Å². The van der Waals surface area contributed by atoms with Crippen molar-refractivity contribution >= 4 is 26.1 Å². The Morgan fingerprint density at radius 3 is 2.46 bits per heavy atom. The Kier molecular flexibility index (Phi) is 7.94. The number of H-pyrrole nitrogens is 1. The maximum Gasteiger partial charge on any atom is 0.328 e. The first-order valence-corrected chi connectivity index (χ1v) is 12.7. The van der Waals surface area contributed by atoms with Crippen LogP contribution in [0.2, 0.25) is 0 Å². The van der Waals surface area contributed by atoms with Crippen LogP contribution in [-0.2, 0) is 34.7 Å². The minimum Gasteiger partial charge on any atom is -0.378 e. The van der Waals surface area contributed by atoms with Crippen molar-refractivity contribution in [1.29, 1.82) is 0 Å². The van der Waals surface area contributed by atoms with Crippen LogP contribution in [-0.4, -0.2) is 59.0 Å². The third kappa shape index (κ3) is 5.69. The average Bonchev–Trinajstić information content (AvgIpc) is 2.96. The van der Waals surface area contributed by atoms with Crippen molar-refractivity contribution in [3.8, 4) is 0 Å². The van der Waals surface area contributed by atoms with Crippen molar-refractivity contribution in [2.24, 2.45) is 5.92 Å². The van der Waals surface area contributed by atoms with Crippen LogP contribution in [0.15, 0.2) is 21.9 Å². The van der Waals surface area contributed by atoms with Gasteiger partial charge >= 0.3 is 20.0 Å². The number of nitrogens with one attached hydrogen (secondary N) is 1. The first kappa shape index (κ1) is 23.6. The van der Waals surface area contributed by atoms with E-state index in [0.29, 0.717) is 6.42 Å². The average molecular weight is 458 g/mol. The lowest BCUT2D eigenvalue weighted by atomic mass is 10.0. The molecule has 1 saturated carbocycles. The molecule has 1 aromatic rings. The van der Waals surface area contributed by atoms with Crippen molar-refractivity contribution in [2.75, 3.05) is 27.5 Å².